The summed E-state index contributed by atoms with van der Waals surface area (Å²) >= 11 is 1.86. The van der Waals surface area contributed by atoms with Crippen molar-refractivity contribution >= 4 is 35.2 Å². The third kappa shape index (κ3) is 5.55. The summed E-state index contributed by atoms with van der Waals surface area (Å²) in [5.41, 5.74) is 2.65. The Labute approximate surface area is 197 Å². The number of benzene rings is 2. The molecule has 2 aliphatic rings. The van der Waals surface area contributed by atoms with Gasteiger partial charge in [0.1, 0.15) is 5.82 Å². The van der Waals surface area contributed by atoms with Crippen LogP contribution in [0.2, 0.25) is 0 Å². The van der Waals surface area contributed by atoms with E-state index in [0.717, 1.165) is 30.2 Å². The molecule has 0 bridgehead atoms. The lowest BCUT2D eigenvalue weighted by Crippen LogP contribution is -2.41. The van der Waals surface area contributed by atoms with Gasteiger partial charge in [0.15, 0.2) is 0 Å². The molecule has 0 radical (unpaired) electrons. The molecular weight excluding hydrogens is 441 g/mol. The number of piperidine rings is 1. The van der Waals surface area contributed by atoms with Gasteiger partial charge < -0.3 is 15.1 Å². The zero-order valence-corrected chi connectivity index (χ0v) is 19.5. The number of anilines is 1. The Hall–Kier alpha value is -2.87. The van der Waals surface area contributed by atoms with Gasteiger partial charge in [-0.3, -0.25) is 14.4 Å². The quantitative estimate of drug-likeness (QED) is 0.739. The summed E-state index contributed by atoms with van der Waals surface area (Å²) in [4.78, 5) is 41.7. The van der Waals surface area contributed by atoms with Crippen molar-refractivity contribution in [1.29, 1.82) is 0 Å². The third-order valence-electron chi connectivity index (χ3n) is 6.27. The lowest BCUT2D eigenvalue weighted by atomic mass is 9.95. The summed E-state index contributed by atoms with van der Waals surface area (Å²) < 4.78 is 13.1. The Morgan fingerprint density at radius 3 is 2.09 bits per heavy atom. The summed E-state index contributed by atoms with van der Waals surface area (Å²) in [7, 11) is 0. The molecule has 3 amide bonds. The van der Waals surface area contributed by atoms with E-state index in [4.69, 9.17) is 0 Å². The lowest BCUT2D eigenvalue weighted by Gasteiger charge is -2.31. The van der Waals surface area contributed by atoms with E-state index in [0.29, 0.717) is 42.7 Å². The minimum atomic E-state index is -0.375. The molecule has 1 N–H and O–H groups in total. The number of likely N-dealkylation sites (tertiary alicyclic amines) is 1. The molecule has 0 saturated carbocycles. The van der Waals surface area contributed by atoms with Crippen LogP contribution in [-0.4, -0.2) is 65.2 Å². The van der Waals surface area contributed by atoms with Crippen LogP contribution in [0.15, 0.2) is 42.5 Å². The Balaban J connectivity index is 1.32. The second-order valence-electron chi connectivity index (χ2n) is 8.50. The summed E-state index contributed by atoms with van der Waals surface area (Å²) in [5.74, 6) is 1.19. The first kappa shape index (κ1) is 23.3. The molecule has 2 saturated heterocycles. The van der Waals surface area contributed by atoms with E-state index in [2.05, 4.69) is 5.32 Å². The Morgan fingerprint density at radius 2 is 1.45 bits per heavy atom. The minimum Gasteiger partial charge on any atom is -0.339 e. The monoisotopic (exact) mass is 469 g/mol. The summed E-state index contributed by atoms with van der Waals surface area (Å²) in [6.07, 6.45) is 1.14. The Bertz CT molecular complexity index is 1030. The average molecular weight is 470 g/mol. The molecule has 2 aromatic carbocycles. The fourth-order valence-corrected chi connectivity index (χ4v) is 5.14. The molecule has 0 spiro atoms. The highest BCUT2D eigenvalue weighted by Gasteiger charge is 2.28. The molecule has 2 aliphatic heterocycles. The zero-order valence-electron chi connectivity index (χ0n) is 18.7. The van der Waals surface area contributed by atoms with Gasteiger partial charge in [-0.15, -0.1) is 0 Å². The highest BCUT2D eigenvalue weighted by molar-refractivity contribution is 7.99. The van der Waals surface area contributed by atoms with Crippen LogP contribution < -0.4 is 5.32 Å². The van der Waals surface area contributed by atoms with Crippen molar-refractivity contribution in [1.82, 2.24) is 9.80 Å². The number of halogens is 1. The maximum absolute atomic E-state index is 13.1. The number of carbonyl (C=O) groups excluding carboxylic acids is 3. The average Bonchev–Trinajstić information content (AvgIpc) is 2.85. The van der Waals surface area contributed by atoms with Gasteiger partial charge >= 0.3 is 0 Å². The van der Waals surface area contributed by atoms with Crippen molar-refractivity contribution in [2.24, 2.45) is 5.92 Å². The second-order valence-corrected chi connectivity index (χ2v) is 9.72. The molecule has 2 heterocycles. The lowest BCUT2D eigenvalue weighted by molar-refractivity contribution is -0.121. The van der Waals surface area contributed by atoms with Crippen LogP contribution in [0, 0.1) is 18.7 Å². The normalized spacial score (nSPS) is 17.0. The minimum absolute atomic E-state index is 0.0365. The van der Waals surface area contributed by atoms with E-state index < -0.39 is 0 Å². The molecule has 0 atom stereocenters. The highest BCUT2D eigenvalue weighted by Crippen LogP contribution is 2.24. The smallest absolute Gasteiger partial charge is 0.253 e. The van der Waals surface area contributed by atoms with E-state index in [1.54, 1.807) is 17.0 Å². The molecule has 0 aliphatic carbocycles. The SMILES string of the molecule is Cc1cc(C(=O)N2CCSCC2)ccc1NC(=O)C1CCN(C(=O)c2ccc(F)cc2)CC1. The van der Waals surface area contributed by atoms with Gasteiger partial charge in [-0.05, 0) is 67.8 Å². The van der Waals surface area contributed by atoms with Crippen LogP contribution in [0.4, 0.5) is 10.1 Å². The molecule has 6 nitrogen and oxygen atoms in total. The van der Waals surface area contributed by atoms with Crippen molar-refractivity contribution in [2.45, 2.75) is 19.8 Å². The largest absolute Gasteiger partial charge is 0.339 e. The van der Waals surface area contributed by atoms with Gasteiger partial charge in [0.05, 0.1) is 0 Å². The maximum atomic E-state index is 13.1. The number of rotatable bonds is 4. The van der Waals surface area contributed by atoms with Crippen molar-refractivity contribution < 1.29 is 18.8 Å². The second kappa shape index (κ2) is 10.4. The summed E-state index contributed by atoms with van der Waals surface area (Å²) in [6, 6.07) is 10.9. The first-order valence-electron chi connectivity index (χ1n) is 11.3. The van der Waals surface area contributed by atoms with E-state index in [-0.39, 0.29) is 29.5 Å². The van der Waals surface area contributed by atoms with Crippen molar-refractivity contribution in [3.8, 4) is 0 Å². The van der Waals surface area contributed by atoms with E-state index in [1.165, 1.54) is 24.3 Å². The topological polar surface area (TPSA) is 69.7 Å². The van der Waals surface area contributed by atoms with Crippen molar-refractivity contribution in [2.75, 3.05) is 43.0 Å². The maximum Gasteiger partial charge on any atom is 0.253 e. The number of hydrogen-bond acceptors (Lipinski definition) is 4. The fourth-order valence-electron chi connectivity index (χ4n) is 4.24. The number of amides is 3. The molecule has 2 aromatic rings. The van der Waals surface area contributed by atoms with Crippen LogP contribution in [-0.2, 0) is 4.79 Å². The number of thioether (sulfide) groups is 1. The van der Waals surface area contributed by atoms with Crippen molar-refractivity contribution in [3.63, 3.8) is 0 Å². The van der Waals surface area contributed by atoms with Gasteiger partial charge in [-0.2, -0.15) is 11.8 Å². The first-order valence-corrected chi connectivity index (χ1v) is 12.4. The number of nitrogens with one attached hydrogen (secondary N) is 1. The van der Waals surface area contributed by atoms with Gasteiger partial charge in [-0.1, -0.05) is 0 Å². The van der Waals surface area contributed by atoms with E-state index in [9.17, 15) is 18.8 Å². The van der Waals surface area contributed by atoms with Gasteiger partial charge in [0.25, 0.3) is 11.8 Å². The van der Waals surface area contributed by atoms with Gasteiger partial charge in [-0.25, -0.2) is 4.39 Å². The van der Waals surface area contributed by atoms with Crippen LogP contribution in [0.5, 0.6) is 0 Å². The Morgan fingerprint density at radius 1 is 0.879 bits per heavy atom. The molecule has 33 heavy (non-hydrogen) atoms. The van der Waals surface area contributed by atoms with E-state index in [1.807, 2.05) is 29.7 Å². The standard InChI is InChI=1S/C25H28FN3O3S/c1-17-16-20(25(32)29-12-14-33-15-13-29)4-7-22(17)27-23(30)18-8-10-28(11-9-18)24(31)19-2-5-21(26)6-3-19/h2-7,16,18H,8-15H2,1H3,(H,27,30). The molecule has 8 heteroatoms. The predicted molar refractivity (Wildman–Crippen MR) is 128 cm³/mol. The van der Waals surface area contributed by atoms with Crippen LogP contribution >= 0.6 is 11.8 Å². The molecule has 4 rings (SSSR count). The van der Waals surface area contributed by atoms with Crippen LogP contribution in [0.25, 0.3) is 0 Å². The number of aryl methyl sites for hydroxylation is 1. The fraction of sp³-hybridized carbons (Fsp3) is 0.400. The summed E-state index contributed by atoms with van der Waals surface area (Å²) in [5, 5.41) is 3.00. The summed E-state index contributed by atoms with van der Waals surface area (Å²) in [6.45, 7) is 4.39. The number of nitrogens with zero attached hydrogens (tertiary/aromatic N) is 2. The number of hydrogen-bond donors (Lipinski definition) is 1. The highest BCUT2D eigenvalue weighted by atomic mass is 32.2. The van der Waals surface area contributed by atoms with E-state index >= 15 is 0 Å². The van der Waals surface area contributed by atoms with Crippen LogP contribution in [0.3, 0.4) is 0 Å². The predicted octanol–water partition coefficient (Wildman–Crippen LogP) is 3.81. The first-order chi connectivity index (χ1) is 15.9. The van der Waals surface area contributed by atoms with Crippen molar-refractivity contribution in [3.05, 3.63) is 65.0 Å². The molecule has 174 valence electrons. The van der Waals surface area contributed by atoms with Gasteiger partial charge in [0.2, 0.25) is 5.91 Å². The van der Waals surface area contributed by atoms with Crippen LogP contribution in [0.1, 0.15) is 39.1 Å². The molecular formula is C25H28FN3O3S. The Kier molecular flexibility index (Phi) is 7.33. The van der Waals surface area contributed by atoms with Gasteiger partial charge in [0, 0.05) is 60.4 Å². The zero-order chi connectivity index (χ0) is 23.4. The third-order valence-corrected chi connectivity index (χ3v) is 7.22. The molecule has 2 fully saturated rings. The molecule has 0 aromatic heterocycles. The number of carbonyl (C=O) groups is 3. The molecule has 0 unspecified atom stereocenters.